The highest BCUT2D eigenvalue weighted by Crippen LogP contribution is 2.14. The lowest BCUT2D eigenvalue weighted by atomic mass is 10.2. The van der Waals surface area contributed by atoms with Crippen LogP contribution in [-0.2, 0) is 11.3 Å². The zero-order valence-electron chi connectivity index (χ0n) is 9.98. The Morgan fingerprint density at radius 1 is 1.38 bits per heavy atom. The Morgan fingerprint density at radius 2 is 2.12 bits per heavy atom. The van der Waals surface area contributed by atoms with E-state index >= 15 is 0 Å². The largest absolute Gasteiger partial charge is 0.497 e. The first-order valence-corrected chi connectivity index (χ1v) is 5.75. The van der Waals surface area contributed by atoms with Crippen LogP contribution >= 0.6 is 0 Å². The van der Waals surface area contributed by atoms with Crippen LogP contribution in [0.1, 0.15) is 12.5 Å². The van der Waals surface area contributed by atoms with Crippen molar-refractivity contribution in [2.45, 2.75) is 19.6 Å². The molecule has 1 aromatic carbocycles. The highest BCUT2D eigenvalue weighted by atomic mass is 16.5. The Labute approximate surface area is 97.0 Å². The van der Waals surface area contributed by atoms with Crippen LogP contribution in [0.2, 0.25) is 0 Å². The lowest BCUT2D eigenvalue weighted by molar-refractivity contribution is -0.0212. The maximum Gasteiger partial charge on any atom is 0.118 e. The summed E-state index contributed by atoms with van der Waals surface area (Å²) in [6.07, 6.45) is 0.354. The molecular formula is C13H19NO2. The molecule has 1 saturated heterocycles. The van der Waals surface area contributed by atoms with Crippen LogP contribution in [-0.4, -0.2) is 37.8 Å². The van der Waals surface area contributed by atoms with Gasteiger partial charge in [-0.25, -0.2) is 0 Å². The molecule has 1 atom stereocenters. The van der Waals surface area contributed by atoms with E-state index in [4.69, 9.17) is 9.47 Å². The van der Waals surface area contributed by atoms with Crippen LogP contribution in [0.3, 0.4) is 0 Å². The van der Waals surface area contributed by atoms with Gasteiger partial charge >= 0.3 is 0 Å². The predicted octanol–water partition coefficient (Wildman–Crippen LogP) is 1.92. The normalized spacial score (nSPS) is 22.0. The number of ether oxygens (including phenoxy) is 2. The van der Waals surface area contributed by atoms with Crippen LogP contribution < -0.4 is 4.74 Å². The maximum absolute atomic E-state index is 5.52. The van der Waals surface area contributed by atoms with Gasteiger partial charge in [-0.15, -0.1) is 0 Å². The molecule has 0 N–H and O–H groups in total. The zero-order valence-corrected chi connectivity index (χ0v) is 9.98. The molecule has 1 heterocycles. The van der Waals surface area contributed by atoms with Crippen molar-refractivity contribution >= 4 is 0 Å². The van der Waals surface area contributed by atoms with Crippen LogP contribution in [0.5, 0.6) is 5.75 Å². The lowest BCUT2D eigenvalue weighted by Gasteiger charge is -2.31. The number of nitrogens with zero attached hydrogens (tertiary/aromatic N) is 1. The summed E-state index contributed by atoms with van der Waals surface area (Å²) in [6, 6.07) is 8.27. The Hall–Kier alpha value is -1.06. The summed E-state index contributed by atoms with van der Waals surface area (Å²) in [5, 5.41) is 0. The van der Waals surface area contributed by atoms with Crippen LogP contribution in [0.15, 0.2) is 24.3 Å². The molecule has 2 rings (SSSR count). The Kier molecular flexibility index (Phi) is 3.80. The number of hydrogen-bond acceptors (Lipinski definition) is 3. The van der Waals surface area contributed by atoms with E-state index < -0.39 is 0 Å². The van der Waals surface area contributed by atoms with E-state index in [0.29, 0.717) is 6.10 Å². The average molecular weight is 221 g/mol. The molecule has 3 nitrogen and oxygen atoms in total. The summed E-state index contributed by atoms with van der Waals surface area (Å²) in [5.41, 5.74) is 1.33. The van der Waals surface area contributed by atoms with Crippen molar-refractivity contribution in [2.75, 3.05) is 26.8 Å². The number of methoxy groups -OCH3 is 1. The number of hydrogen-bond donors (Lipinski definition) is 0. The Morgan fingerprint density at radius 3 is 2.75 bits per heavy atom. The van der Waals surface area contributed by atoms with E-state index in [-0.39, 0.29) is 0 Å². The molecule has 16 heavy (non-hydrogen) atoms. The molecular weight excluding hydrogens is 202 g/mol. The molecule has 0 aromatic heterocycles. The van der Waals surface area contributed by atoms with Crippen molar-refractivity contribution in [3.05, 3.63) is 29.8 Å². The summed E-state index contributed by atoms with van der Waals surface area (Å²) < 4.78 is 10.7. The van der Waals surface area contributed by atoms with E-state index in [1.807, 2.05) is 12.1 Å². The molecule has 1 aliphatic heterocycles. The van der Waals surface area contributed by atoms with Gasteiger partial charge in [0.2, 0.25) is 0 Å². The molecule has 0 spiro atoms. The zero-order chi connectivity index (χ0) is 11.4. The molecule has 0 bridgehead atoms. The quantitative estimate of drug-likeness (QED) is 0.778. The minimum absolute atomic E-state index is 0.354. The summed E-state index contributed by atoms with van der Waals surface area (Å²) >= 11 is 0. The van der Waals surface area contributed by atoms with Crippen molar-refractivity contribution in [3.8, 4) is 5.75 Å². The minimum Gasteiger partial charge on any atom is -0.497 e. The summed E-state index contributed by atoms with van der Waals surface area (Å²) in [7, 11) is 1.69. The van der Waals surface area contributed by atoms with Crippen molar-refractivity contribution in [1.82, 2.24) is 4.90 Å². The number of benzene rings is 1. The first-order valence-electron chi connectivity index (χ1n) is 5.75. The van der Waals surface area contributed by atoms with Crippen molar-refractivity contribution in [3.63, 3.8) is 0 Å². The third kappa shape index (κ3) is 2.97. The summed E-state index contributed by atoms with van der Waals surface area (Å²) in [4.78, 5) is 2.43. The van der Waals surface area contributed by atoms with Gasteiger partial charge in [-0.1, -0.05) is 12.1 Å². The molecule has 88 valence electrons. The Bertz CT molecular complexity index is 323. The topological polar surface area (TPSA) is 21.7 Å². The SMILES string of the molecule is COc1ccc(CN2CCOC(C)C2)cc1. The van der Waals surface area contributed by atoms with E-state index in [0.717, 1.165) is 32.0 Å². The second-order valence-corrected chi connectivity index (χ2v) is 4.26. The van der Waals surface area contributed by atoms with Gasteiger partial charge in [0.15, 0.2) is 0 Å². The van der Waals surface area contributed by atoms with Gasteiger partial charge in [0.05, 0.1) is 19.8 Å². The fourth-order valence-corrected chi connectivity index (χ4v) is 2.02. The van der Waals surface area contributed by atoms with E-state index in [1.54, 1.807) is 7.11 Å². The highest BCUT2D eigenvalue weighted by molar-refractivity contribution is 5.27. The summed E-state index contributed by atoms with van der Waals surface area (Å²) in [5.74, 6) is 0.916. The third-order valence-electron chi connectivity index (χ3n) is 2.89. The lowest BCUT2D eigenvalue weighted by Crippen LogP contribution is -2.40. The molecule has 1 unspecified atom stereocenters. The average Bonchev–Trinajstić information content (AvgIpc) is 2.30. The molecule has 3 heteroatoms. The van der Waals surface area contributed by atoms with Crippen molar-refractivity contribution in [1.29, 1.82) is 0 Å². The van der Waals surface area contributed by atoms with Crippen LogP contribution in [0.4, 0.5) is 0 Å². The van der Waals surface area contributed by atoms with Gasteiger partial charge in [-0.2, -0.15) is 0 Å². The van der Waals surface area contributed by atoms with E-state index in [2.05, 4.69) is 24.0 Å². The van der Waals surface area contributed by atoms with Gasteiger partial charge in [0, 0.05) is 19.6 Å². The first-order chi connectivity index (χ1) is 7.78. The molecule has 1 fully saturated rings. The number of morpholine rings is 1. The van der Waals surface area contributed by atoms with Gasteiger partial charge in [-0.3, -0.25) is 4.90 Å². The maximum atomic E-state index is 5.52. The standard InChI is InChI=1S/C13H19NO2/c1-11-9-14(7-8-16-11)10-12-3-5-13(15-2)6-4-12/h3-6,11H,7-10H2,1-2H3. The van der Waals surface area contributed by atoms with Gasteiger partial charge in [0.25, 0.3) is 0 Å². The van der Waals surface area contributed by atoms with Crippen molar-refractivity contribution in [2.24, 2.45) is 0 Å². The van der Waals surface area contributed by atoms with Gasteiger partial charge < -0.3 is 9.47 Å². The predicted molar refractivity (Wildman–Crippen MR) is 63.7 cm³/mol. The Balaban J connectivity index is 1.92. The number of rotatable bonds is 3. The van der Waals surface area contributed by atoms with Gasteiger partial charge in [0.1, 0.15) is 5.75 Å². The molecule has 0 radical (unpaired) electrons. The fraction of sp³-hybridized carbons (Fsp3) is 0.538. The molecule has 1 aromatic rings. The van der Waals surface area contributed by atoms with Crippen LogP contribution in [0.25, 0.3) is 0 Å². The second kappa shape index (κ2) is 5.32. The van der Waals surface area contributed by atoms with E-state index in [1.165, 1.54) is 5.56 Å². The molecule has 1 aliphatic rings. The first kappa shape index (κ1) is 11.4. The monoisotopic (exact) mass is 221 g/mol. The van der Waals surface area contributed by atoms with Crippen molar-refractivity contribution < 1.29 is 9.47 Å². The molecule has 0 saturated carbocycles. The molecule has 0 amide bonds. The minimum atomic E-state index is 0.354. The fourth-order valence-electron chi connectivity index (χ4n) is 2.02. The smallest absolute Gasteiger partial charge is 0.118 e. The van der Waals surface area contributed by atoms with Crippen LogP contribution in [0, 0.1) is 0 Å². The second-order valence-electron chi connectivity index (χ2n) is 4.26. The molecule has 0 aliphatic carbocycles. The summed E-state index contributed by atoms with van der Waals surface area (Å²) in [6.45, 7) is 6.01. The van der Waals surface area contributed by atoms with Gasteiger partial charge in [-0.05, 0) is 24.6 Å². The third-order valence-corrected chi connectivity index (χ3v) is 2.89. The highest BCUT2D eigenvalue weighted by Gasteiger charge is 2.16. The van der Waals surface area contributed by atoms with E-state index in [9.17, 15) is 0 Å².